The van der Waals surface area contributed by atoms with E-state index in [1.807, 2.05) is 0 Å². The quantitative estimate of drug-likeness (QED) is 0.743. The number of hydrogen-bond donors (Lipinski definition) is 2. The maximum atomic E-state index is 10.8. The Hall–Kier alpha value is -1.55. The second-order valence-electron chi connectivity index (χ2n) is 5.10. The van der Waals surface area contributed by atoms with Gasteiger partial charge in [-0.25, -0.2) is 4.79 Å². The van der Waals surface area contributed by atoms with E-state index in [2.05, 4.69) is 12.2 Å². The molecule has 1 aromatic carbocycles. The van der Waals surface area contributed by atoms with Crippen molar-refractivity contribution in [2.24, 2.45) is 0 Å². The predicted molar refractivity (Wildman–Crippen MR) is 73.8 cm³/mol. The van der Waals surface area contributed by atoms with Crippen molar-refractivity contribution in [1.29, 1.82) is 0 Å². The van der Waals surface area contributed by atoms with Crippen LogP contribution in [0.15, 0.2) is 24.3 Å². The van der Waals surface area contributed by atoms with Crippen molar-refractivity contribution in [3.05, 3.63) is 29.8 Å². The molecule has 1 aliphatic rings. The van der Waals surface area contributed by atoms with Gasteiger partial charge in [0.25, 0.3) is 0 Å². The van der Waals surface area contributed by atoms with Gasteiger partial charge in [-0.1, -0.05) is 13.0 Å². The molecule has 4 nitrogen and oxygen atoms in total. The van der Waals surface area contributed by atoms with Crippen molar-refractivity contribution in [1.82, 2.24) is 5.32 Å². The van der Waals surface area contributed by atoms with Crippen LogP contribution in [0.3, 0.4) is 0 Å². The number of rotatable bonds is 7. The van der Waals surface area contributed by atoms with E-state index in [9.17, 15) is 4.79 Å². The fraction of sp³-hybridized carbons (Fsp3) is 0.533. The number of carbonyl (C=O) groups is 1. The fourth-order valence-electron chi connectivity index (χ4n) is 2.46. The summed E-state index contributed by atoms with van der Waals surface area (Å²) in [5.41, 5.74) is 0.584. The molecule has 0 saturated heterocycles. The van der Waals surface area contributed by atoms with E-state index in [1.54, 1.807) is 24.3 Å². The summed E-state index contributed by atoms with van der Waals surface area (Å²) in [6.07, 6.45) is 4.96. The van der Waals surface area contributed by atoms with Crippen LogP contribution in [0.2, 0.25) is 0 Å². The normalized spacial score (nSPS) is 16.7. The van der Waals surface area contributed by atoms with Crippen molar-refractivity contribution in [3.63, 3.8) is 0 Å². The molecule has 19 heavy (non-hydrogen) atoms. The second kappa shape index (κ2) is 6.06. The lowest BCUT2D eigenvalue weighted by Gasteiger charge is -2.42. The molecular formula is C15H21NO3. The van der Waals surface area contributed by atoms with E-state index >= 15 is 0 Å². The van der Waals surface area contributed by atoms with E-state index in [0.29, 0.717) is 17.9 Å². The molecule has 0 radical (unpaired) electrons. The Morgan fingerprint density at radius 3 is 2.84 bits per heavy atom. The summed E-state index contributed by atoms with van der Waals surface area (Å²) >= 11 is 0. The van der Waals surface area contributed by atoms with Crippen LogP contribution < -0.4 is 10.1 Å². The van der Waals surface area contributed by atoms with Gasteiger partial charge in [-0.3, -0.25) is 0 Å². The highest BCUT2D eigenvalue weighted by molar-refractivity contribution is 5.87. The first-order valence-electron chi connectivity index (χ1n) is 6.86. The smallest absolute Gasteiger partial charge is 0.335 e. The van der Waals surface area contributed by atoms with Gasteiger partial charge in [-0.15, -0.1) is 0 Å². The maximum absolute atomic E-state index is 10.8. The molecule has 0 aromatic heterocycles. The zero-order chi connectivity index (χ0) is 13.7. The van der Waals surface area contributed by atoms with Crippen LogP contribution in [0, 0.1) is 0 Å². The van der Waals surface area contributed by atoms with Gasteiger partial charge >= 0.3 is 5.97 Å². The third kappa shape index (κ3) is 3.47. The van der Waals surface area contributed by atoms with Gasteiger partial charge in [0.15, 0.2) is 0 Å². The van der Waals surface area contributed by atoms with Gasteiger partial charge in [0, 0.05) is 12.1 Å². The lowest BCUT2D eigenvalue weighted by molar-refractivity contribution is 0.0696. The summed E-state index contributed by atoms with van der Waals surface area (Å²) in [6.45, 7) is 3.57. The second-order valence-corrected chi connectivity index (χ2v) is 5.10. The Morgan fingerprint density at radius 2 is 2.26 bits per heavy atom. The molecule has 104 valence electrons. The molecule has 2 N–H and O–H groups in total. The van der Waals surface area contributed by atoms with Crippen LogP contribution in [0.5, 0.6) is 5.75 Å². The predicted octanol–water partition coefficient (Wildman–Crippen LogP) is 2.69. The minimum Gasteiger partial charge on any atom is -0.492 e. The number of aromatic carboxylic acids is 1. The molecule has 0 amide bonds. The fourth-order valence-corrected chi connectivity index (χ4v) is 2.46. The first-order chi connectivity index (χ1) is 9.15. The van der Waals surface area contributed by atoms with E-state index in [1.165, 1.54) is 19.3 Å². The maximum Gasteiger partial charge on any atom is 0.335 e. The molecule has 1 saturated carbocycles. The average molecular weight is 263 g/mol. The summed E-state index contributed by atoms with van der Waals surface area (Å²) in [5.74, 6) is -0.316. The zero-order valence-electron chi connectivity index (χ0n) is 11.3. The molecular weight excluding hydrogens is 242 g/mol. The zero-order valence-corrected chi connectivity index (χ0v) is 11.3. The summed E-state index contributed by atoms with van der Waals surface area (Å²) < 4.78 is 5.58. The van der Waals surface area contributed by atoms with Crippen LogP contribution >= 0.6 is 0 Å². The van der Waals surface area contributed by atoms with Crippen molar-refractivity contribution in [3.8, 4) is 5.75 Å². The Balaban J connectivity index is 1.76. The van der Waals surface area contributed by atoms with Crippen molar-refractivity contribution in [2.75, 3.05) is 13.2 Å². The van der Waals surface area contributed by atoms with Gasteiger partial charge < -0.3 is 15.2 Å². The van der Waals surface area contributed by atoms with Crippen LogP contribution in [0.25, 0.3) is 0 Å². The Bertz CT molecular complexity index is 435. The third-order valence-electron chi connectivity index (χ3n) is 3.94. The van der Waals surface area contributed by atoms with Gasteiger partial charge in [0.1, 0.15) is 12.4 Å². The number of benzene rings is 1. The molecule has 0 aliphatic heterocycles. The summed E-state index contributed by atoms with van der Waals surface area (Å²) in [5, 5.41) is 12.4. The highest BCUT2D eigenvalue weighted by atomic mass is 16.5. The number of carboxylic acid groups (broad SMARTS) is 1. The standard InChI is InChI=1S/C15H21NO3/c1-2-15(7-4-8-15)16-9-10-19-13-6-3-5-12(11-13)14(17)18/h3,5-6,11,16H,2,4,7-10H2,1H3,(H,17,18). The molecule has 1 fully saturated rings. The Morgan fingerprint density at radius 1 is 1.47 bits per heavy atom. The largest absolute Gasteiger partial charge is 0.492 e. The first kappa shape index (κ1) is 13.9. The highest BCUT2D eigenvalue weighted by Gasteiger charge is 2.33. The van der Waals surface area contributed by atoms with Crippen molar-refractivity contribution in [2.45, 2.75) is 38.1 Å². The van der Waals surface area contributed by atoms with Crippen molar-refractivity contribution < 1.29 is 14.6 Å². The topological polar surface area (TPSA) is 58.6 Å². The van der Waals surface area contributed by atoms with Crippen LogP contribution in [-0.2, 0) is 0 Å². The van der Waals surface area contributed by atoms with Gasteiger partial charge in [-0.2, -0.15) is 0 Å². The molecule has 1 aromatic rings. The summed E-state index contributed by atoms with van der Waals surface area (Å²) in [4.78, 5) is 10.8. The molecule has 0 spiro atoms. The third-order valence-corrected chi connectivity index (χ3v) is 3.94. The van der Waals surface area contributed by atoms with Crippen molar-refractivity contribution >= 4 is 5.97 Å². The highest BCUT2D eigenvalue weighted by Crippen LogP contribution is 2.34. The van der Waals surface area contributed by atoms with Gasteiger partial charge in [0.2, 0.25) is 0 Å². The minimum absolute atomic E-state index is 0.259. The Labute approximate surface area is 113 Å². The number of ether oxygens (including phenoxy) is 1. The molecule has 2 rings (SSSR count). The lowest BCUT2D eigenvalue weighted by atomic mass is 9.75. The SMILES string of the molecule is CCC1(NCCOc2cccc(C(=O)O)c2)CCC1. The van der Waals surface area contributed by atoms with E-state index in [-0.39, 0.29) is 5.56 Å². The van der Waals surface area contributed by atoms with Crippen LogP contribution in [0.1, 0.15) is 43.0 Å². The van der Waals surface area contributed by atoms with Crippen LogP contribution in [-0.4, -0.2) is 29.8 Å². The number of nitrogens with one attached hydrogen (secondary N) is 1. The first-order valence-corrected chi connectivity index (χ1v) is 6.86. The summed E-state index contributed by atoms with van der Waals surface area (Å²) in [6, 6.07) is 6.60. The molecule has 1 aliphatic carbocycles. The summed E-state index contributed by atoms with van der Waals surface area (Å²) in [7, 11) is 0. The minimum atomic E-state index is -0.928. The molecule has 0 unspecified atom stereocenters. The molecule has 0 atom stereocenters. The monoisotopic (exact) mass is 263 g/mol. The van der Waals surface area contributed by atoms with E-state index in [0.717, 1.165) is 13.0 Å². The van der Waals surface area contributed by atoms with Crippen LogP contribution in [0.4, 0.5) is 0 Å². The van der Waals surface area contributed by atoms with Gasteiger partial charge in [0.05, 0.1) is 5.56 Å². The van der Waals surface area contributed by atoms with E-state index < -0.39 is 5.97 Å². The number of carboxylic acids is 1. The van der Waals surface area contributed by atoms with E-state index in [4.69, 9.17) is 9.84 Å². The molecule has 0 bridgehead atoms. The Kier molecular flexibility index (Phi) is 4.43. The van der Waals surface area contributed by atoms with Gasteiger partial charge in [-0.05, 0) is 43.9 Å². The average Bonchev–Trinajstić information content (AvgIpc) is 2.37. The molecule has 4 heteroatoms. The number of hydrogen-bond acceptors (Lipinski definition) is 3. The lowest BCUT2D eigenvalue weighted by Crippen LogP contribution is -2.51. The molecule has 0 heterocycles.